The number of sulfonamides is 1. The molecule has 114 valence electrons. The van der Waals surface area contributed by atoms with E-state index < -0.39 is 10.0 Å². The summed E-state index contributed by atoms with van der Waals surface area (Å²) in [6.07, 6.45) is 1.27. The number of anilines is 1. The van der Waals surface area contributed by atoms with E-state index in [2.05, 4.69) is 14.9 Å². The second kappa shape index (κ2) is 6.36. The van der Waals surface area contributed by atoms with Crippen molar-refractivity contribution in [1.29, 1.82) is 0 Å². The van der Waals surface area contributed by atoms with Gasteiger partial charge in [-0.3, -0.25) is 9.82 Å². The van der Waals surface area contributed by atoms with E-state index in [9.17, 15) is 8.42 Å². The zero-order valence-electron chi connectivity index (χ0n) is 11.7. The van der Waals surface area contributed by atoms with E-state index in [4.69, 9.17) is 16.3 Å². The summed E-state index contributed by atoms with van der Waals surface area (Å²) in [6, 6.07) is 4.99. The van der Waals surface area contributed by atoms with Gasteiger partial charge in [0.2, 0.25) is 0 Å². The quantitative estimate of drug-likeness (QED) is 0.798. The van der Waals surface area contributed by atoms with Gasteiger partial charge in [-0.25, -0.2) is 8.42 Å². The second-order valence-electron chi connectivity index (χ2n) is 4.35. The predicted molar refractivity (Wildman–Crippen MR) is 81.3 cm³/mol. The number of hydrogen-bond acceptors (Lipinski definition) is 4. The van der Waals surface area contributed by atoms with E-state index in [-0.39, 0.29) is 10.8 Å². The lowest BCUT2D eigenvalue weighted by atomic mass is 10.2. The third-order valence-corrected chi connectivity index (χ3v) is 4.61. The van der Waals surface area contributed by atoms with Crippen LogP contribution in [0.15, 0.2) is 29.3 Å². The molecule has 0 saturated carbocycles. The number of halogens is 1. The van der Waals surface area contributed by atoms with Crippen molar-refractivity contribution in [2.24, 2.45) is 0 Å². The number of aryl methyl sites for hydroxylation is 1. The number of nitrogens with one attached hydrogen (secondary N) is 2. The maximum Gasteiger partial charge on any atom is 0.265 e. The zero-order valence-corrected chi connectivity index (χ0v) is 13.3. The lowest BCUT2D eigenvalue weighted by Gasteiger charge is -2.12. The summed E-state index contributed by atoms with van der Waals surface area (Å²) < 4.78 is 32.4. The standard InChI is InChI=1S/C13H16ClN3O3S/c1-3-20-12-5-4-11(6-10(12)7-14)17-21(18,19)13-8-15-16-9(13)2/h4-6,8,17H,3,7H2,1-2H3,(H,15,16). The normalized spacial score (nSPS) is 11.4. The van der Waals surface area contributed by atoms with Gasteiger partial charge in [0.05, 0.1) is 24.4 Å². The minimum atomic E-state index is -3.68. The van der Waals surface area contributed by atoms with E-state index in [0.29, 0.717) is 23.7 Å². The van der Waals surface area contributed by atoms with Crippen LogP contribution in [0.5, 0.6) is 5.75 Å². The number of ether oxygens (including phenoxy) is 1. The van der Waals surface area contributed by atoms with Gasteiger partial charge in [0.25, 0.3) is 10.0 Å². The third kappa shape index (κ3) is 3.48. The third-order valence-electron chi connectivity index (χ3n) is 2.83. The Morgan fingerprint density at radius 2 is 2.19 bits per heavy atom. The largest absolute Gasteiger partial charge is 0.494 e. The molecular weight excluding hydrogens is 314 g/mol. The molecule has 8 heteroatoms. The van der Waals surface area contributed by atoms with Crippen molar-refractivity contribution in [3.8, 4) is 5.75 Å². The fourth-order valence-corrected chi connectivity index (χ4v) is 3.26. The van der Waals surface area contributed by atoms with E-state index in [1.54, 1.807) is 25.1 Å². The summed E-state index contributed by atoms with van der Waals surface area (Å²) in [5.74, 6) is 0.880. The molecule has 6 nitrogen and oxygen atoms in total. The van der Waals surface area contributed by atoms with E-state index >= 15 is 0 Å². The average Bonchev–Trinajstić information content (AvgIpc) is 2.87. The summed E-state index contributed by atoms with van der Waals surface area (Å²) in [4.78, 5) is 0.115. The van der Waals surface area contributed by atoms with Crippen molar-refractivity contribution in [3.05, 3.63) is 35.7 Å². The number of hydrogen-bond donors (Lipinski definition) is 2. The SMILES string of the molecule is CCOc1ccc(NS(=O)(=O)c2cn[nH]c2C)cc1CCl. The van der Waals surface area contributed by atoms with Gasteiger partial charge in [-0.15, -0.1) is 11.6 Å². The molecule has 0 fully saturated rings. The molecule has 0 bridgehead atoms. The summed E-state index contributed by atoms with van der Waals surface area (Å²) in [6.45, 7) is 4.03. The molecule has 0 saturated heterocycles. The molecule has 21 heavy (non-hydrogen) atoms. The molecule has 0 radical (unpaired) electrons. The number of nitrogens with zero attached hydrogens (tertiary/aromatic N) is 1. The molecular formula is C13H16ClN3O3S. The molecule has 0 amide bonds. The number of aromatic amines is 1. The van der Waals surface area contributed by atoms with Crippen molar-refractivity contribution >= 4 is 27.3 Å². The van der Waals surface area contributed by atoms with Crippen molar-refractivity contribution in [1.82, 2.24) is 10.2 Å². The highest BCUT2D eigenvalue weighted by atomic mass is 35.5. The topological polar surface area (TPSA) is 84.1 Å². The molecule has 0 aliphatic heterocycles. The molecule has 1 aromatic heterocycles. The molecule has 1 aromatic carbocycles. The minimum Gasteiger partial charge on any atom is -0.494 e. The Morgan fingerprint density at radius 1 is 1.43 bits per heavy atom. The lowest BCUT2D eigenvalue weighted by Crippen LogP contribution is -2.13. The Labute approximate surface area is 128 Å². The maximum atomic E-state index is 12.3. The van der Waals surface area contributed by atoms with Gasteiger partial charge in [-0.2, -0.15) is 5.10 Å². The Kier molecular flexibility index (Phi) is 4.74. The molecule has 1 heterocycles. The fraction of sp³-hybridized carbons (Fsp3) is 0.308. The molecule has 0 atom stereocenters. The van der Waals surface area contributed by atoms with Crippen LogP contribution >= 0.6 is 11.6 Å². The zero-order chi connectivity index (χ0) is 15.5. The van der Waals surface area contributed by atoms with Crippen LogP contribution in [0, 0.1) is 6.92 Å². The van der Waals surface area contributed by atoms with Crippen LogP contribution in [0.1, 0.15) is 18.2 Å². The average molecular weight is 330 g/mol. The van der Waals surface area contributed by atoms with Crippen LogP contribution in [-0.2, 0) is 15.9 Å². The van der Waals surface area contributed by atoms with Crippen molar-refractivity contribution < 1.29 is 13.2 Å². The van der Waals surface area contributed by atoms with Gasteiger partial charge in [0, 0.05) is 11.3 Å². The number of aromatic nitrogens is 2. The van der Waals surface area contributed by atoms with Crippen LogP contribution in [0.3, 0.4) is 0 Å². The highest BCUT2D eigenvalue weighted by Gasteiger charge is 2.19. The van der Waals surface area contributed by atoms with Gasteiger partial charge in [-0.1, -0.05) is 0 Å². The van der Waals surface area contributed by atoms with Crippen LogP contribution in [0.25, 0.3) is 0 Å². The first-order valence-electron chi connectivity index (χ1n) is 6.32. The Hall–Kier alpha value is -1.73. The predicted octanol–water partition coefficient (Wildman–Crippen LogP) is 2.66. The molecule has 2 aromatic rings. The van der Waals surface area contributed by atoms with Crippen LogP contribution < -0.4 is 9.46 Å². The van der Waals surface area contributed by atoms with Gasteiger partial charge in [0.1, 0.15) is 10.6 Å². The van der Waals surface area contributed by atoms with E-state index in [1.165, 1.54) is 6.20 Å². The number of rotatable bonds is 6. The fourth-order valence-electron chi connectivity index (χ4n) is 1.86. The Bertz CT molecular complexity index is 728. The van der Waals surface area contributed by atoms with Crippen molar-refractivity contribution in [2.45, 2.75) is 24.6 Å². The minimum absolute atomic E-state index is 0.115. The van der Waals surface area contributed by atoms with Crippen molar-refractivity contribution in [2.75, 3.05) is 11.3 Å². The summed E-state index contributed by atoms with van der Waals surface area (Å²) in [5.41, 5.74) is 1.63. The Balaban J connectivity index is 2.30. The van der Waals surface area contributed by atoms with Gasteiger partial charge in [0.15, 0.2) is 0 Å². The molecule has 0 unspecified atom stereocenters. The van der Waals surface area contributed by atoms with Gasteiger partial charge < -0.3 is 4.74 Å². The number of H-pyrrole nitrogens is 1. The van der Waals surface area contributed by atoms with Gasteiger partial charge in [-0.05, 0) is 32.0 Å². The summed E-state index contributed by atoms with van der Waals surface area (Å²) in [5, 5.41) is 6.32. The van der Waals surface area contributed by atoms with E-state index in [1.807, 2.05) is 6.92 Å². The first-order valence-corrected chi connectivity index (χ1v) is 8.34. The Morgan fingerprint density at radius 3 is 2.76 bits per heavy atom. The van der Waals surface area contributed by atoms with Crippen molar-refractivity contribution in [3.63, 3.8) is 0 Å². The van der Waals surface area contributed by atoms with Gasteiger partial charge >= 0.3 is 0 Å². The summed E-state index contributed by atoms with van der Waals surface area (Å²) in [7, 11) is -3.68. The first-order chi connectivity index (χ1) is 9.97. The molecule has 0 aliphatic rings. The molecule has 2 N–H and O–H groups in total. The van der Waals surface area contributed by atoms with Crippen LogP contribution in [0.2, 0.25) is 0 Å². The molecule has 2 rings (SSSR count). The summed E-state index contributed by atoms with van der Waals surface area (Å²) >= 11 is 5.86. The lowest BCUT2D eigenvalue weighted by molar-refractivity contribution is 0.337. The smallest absolute Gasteiger partial charge is 0.265 e. The highest BCUT2D eigenvalue weighted by molar-refractivity contribution is 7.92. The number of benzene rings is 1. The maximum absolute atomic E-state index is 12.3. The molecule has 0 spiro atoms. The first kappa shape index (κ1) is 15.7. The molecule has 0 aliphatic carbocycles. The van der Waals surface area contributed by atoms with Crippen LogP contribution in [-0.4, -0.2) is 25.2 Å². The monoisotopic (exact) mass is 329 g/mol. The number of alkyl halides is 1. The van der Waals surface area contributed by atoms with Crippen LogP contribution in [0.4, 0.5) is 5.69 Å². The van der Waals surface area contributed by atoms with E-state index in [0.717, 1.165) is 5.56 Å². The second-order valence-corrected chi connectivity index (χ2v) is 6.27. The highest BCUT2D eigenvalue weighted by Crippen LogP contribution is 2.26.